The predicted octanol–water partition coefficient (Wildman–Crippen LogP) is 6.71. The van der Waals surface area contributed by atoms with Gasteiger partial charge in [-0.2, -0.15) is 0 Å². The number of nitrogens with zero attached hydrogens (tertiary/aromatic N) is 1. The zero-order chi connectivity index (χ0) is 25.1. The lowest BCUT2D eigenvalue weighted by molar-refractivity contribution is 0.0110. The molecule has 0 unspecified atom stereocenters. The normalized spacial score (nSPS) is 21.5. The molecular weight excluding hydrogens is 442 g/mol. The van der Waals surface area contributed by atoms with Gasteiger partial charge in [0.25, 0.3) is 0 Å². The van der Waals surface area contributed by atoms with E-state index in [0.29, 0.717) is 12.0 Å². The van der Waals surface area contributed by atoms with Gasteiger partial charge in [0.05, 0.1) is 5.92 Å². The van der Waals surface area contributed by atoms with Crippen LogP contribution in [0, 0.1) is 5.92 Å². The van der Waals surface area contributed by atoms with E-state index in [0.717, 1.165) is 28.0 Å². The lowest BCUT2D eigenvalue weighted by Gasteiger charge is -2.43. The summed E-state index contributed by atoms with van der Waals surface area (Å²) in [5.41, 5.74) is 4.12. The molecule has 4 aromatic rings. The molecule has 1 N–H and O–H groups in total. The van der Waals surface area contributed by atoms with Crippen LogP contribution in [0.25, 0.3) is 5.57 Å². The molecule has 1 aliphatic carbocycles. The van der Waals surface area contributed by atoms with Crippen LogP contribution in [0.1, 0.15) is 39.4 Å². The van der Waals surface area contributed by atoms with Gasteiger partial charge in [-0.1, -0.05) is 103 Å². The van der Waals surface area contributed by atoms with Crippen LogP contribution in [0.5, 0.6) is 0 Å². The van der Waals surface area contributed by atoms with E-state index in [9.17, 15) is 9.90 Å². The topological polar surface area (TPSA) is 40.5 Å². The van der Waals surface area contributed by atoms with E-state index in [4.69, 9.17) is 0 Å². The molecule has 0 aliphatic heterocycles. The third-order valence-corrected chi connectivity index (χ3v) is 7.27. The van der Waals surface area contributed by atoms with Crippen LogP contribution in [0.4, 0.5) is 5.69 Å². The third kappa shape index (κ3) is 4.50. The summed E-state index contributed by atoms with van der Waals surface area (Å²) in [6.07, 6.45) is 2.58. The number of aliphatic hydroxyl groups is 1. The maximum Gasteiger partial charge on any atom is 0.170 e. The lowest BCUT2D eigenvalue weighted by Crippen LogP contribution is -2.44. The van der Waals surface area contributed by atoms with Gasteiger partial charge in [-0.05, 0) is 46.9 Å². The Hall–Kier alpha value is -3.95. The Morgan fingerprint density at radius 3 is 1.92 bits per heavy atom. The van der Waals surface area contributed by atoms with Crippen molar-refractivity contribution in [3.8, 4) is 0 Å². The van der Waals surface area contributed by atoms with Crippen molar-refractivity contribution in [3.05, 3.63) is 144 Å². The lowest BCUT2D eigenvalue weighted by atomic mass is 9.62. The van der Waals surface area contributed by atoms with Crippen LogP contribution >= 0.6 is 0 Å². The highest BCUT2D eigenvalue weighted by Gasteiger charge is 2.49. The minimum absolute atomic E-state index is 0.0491. The molecule has 36 heavy (non-hydrogen) atoms. The summed E-state index contributed by atoms with van der Waals surface area (Å²) >= 11 is 0. The Morgan fingerprint density at radius 2 is 1.33 bits per heavy atom. The van der Waals surface area contributed by atoms with Gasteiger partial charge in [-0.3, -0.25) is 4.79 Å². The molecule has 0 fully saturated rings. The van der Waals surface area contributed by atoms with Crippen molar-refractivity contribution in [3.63, 3.8) is 0 Å². The van der Waals surface area contributed by atoms with Crippen molar-refractivity contribution in [1.29, 1.82) is 0 Å². The molecule has 0 radical (unpaired) electrons. The van der Waals surface area contributed by atoms with Crippen molar-refractivity contribution in [1.82, 2.24) is 0 Å². The molecule has 0 saturated carbocycles. The van der Waals surface area contributed by atoms with Gasteiger partial charge >= 0.3 is 0 Å². The minimum Gasteiger partial charge on any atom is -0.380 e. The van der Waals surface area contributed by atoms with Gasteiger partial charge < -0.3 is 10.0 Å². The minimum atomic E-state index is -1.47. The van der Waals surface area contributed by atoms with E-state index < -0.39 is 11.5 Å². The van der Waals surface area contributed by atoms with E-state index in [1.54, 1.807) is 0 Å². The Morgan fingerprint density at radius 1 is 0.778 bits per heavy atom. The fourth-order valence-corrected chi connectivity index (χ4v) is 5.39. The molecule has 0 saturated heterocycles. The van der Waals surface area contributed by atoms with E-state index >= 15 is 0 Å². The first-order valence-electron chi connectivity index (χ1n) is 12.4. The summed E-state index contributed by atoms with van der Waals surface area (Å²) < 4.78 is 0. The number of carbonyl (C=O) groups excluding carboxylic acids is 1. The van der Waals surface area contributed by atoms with Crippen LogP contribution in [-0.2, 0) is 5.60 Å². The number of carbonyl (C=O) groups is 1. The summed E-state index contributed by atoms with van der Waals surface area (Å²) in [6, 6.07) is 37.5. The molecule has 0 amide bonds. The number of hydrogen-bond acceptors (Lipinski definition) is 3. The quantitative estimate of drug-likeness (QED) is 0.316. The summed E-state index contributed by atoms with van der Waals surface area (Å²) in [5, 5.41) is 12.5. The zero-order valence-corrected chi connectivity index (χ0v) is 20.7. The van der Waals surface area contributed by atoms with Crippen molar-refractivity contribution in [2.24, 2.45) is 5.92 Å². The molecule has 1 aliphatic rings. The Balaban J connectivity index is 1.72. The van der Waals surface area contributed by atoms with Crippen molar-refractivity contribution >= 4 is 17.0 Å². The number of hydrogen-bond donors (Lipinski definition) is 1. The second-order valence-electron chi connectivity index (χ2n) is 9.73. The average molecular weight is 474 g/mol. The number of allylic oxidation sites excluding steroid dienone is 1. The maximum absolute atomic E-state index is 14.2. The Bertz CT molecular complexity index is 1350. The summed E-state index contributed by atoms with van der Waals surface area (Å²) in [7, 11) is 4.03. The zero-order valence-electron chi connectivity index (χ0n) is 20.7. The largest absolute Gasteiger partial charge is 0.380 e. The second kappa shape index (κ2) is 9.96. The van der Waals surface area contributed by atoms with E-state index in [-0.39, 0.29) is 11.7 Å². The van der Waals surface area contributed by atoms with Gasteiger partial charge in [0.2, 0.25) is 0 Å². The predicted molar refractivity (Wildman–Crippen MR) is 147 cm³/mol. The average Bonchev–Trinajstić information content (AvgIpc) is 2.94. The number of anilines is 1. The number of benzene rings is 4. The van der Waals surface area contributed by atoms with E-state index in [1.807, 2.05) is 99.0 Å². The van der Waals surface area contributed by atoms with Crippen molar-refractivity contribution < 1.29 is 9.90 Å². The molecule has 5 rings (SSSR count). The molecule has 180 valence electrons. The van der Waals surface area contributed by atoms with Crippen molar-refractivity contribution in [2.45, 2.75) is 17.9 Å². The highest BCUT2D eigenvalue weighted by molar-refractivity contribution is 6.00. The van der Waals surface area contributed by atoms with E-state index in [2.05, 4.69) is 41.3 Å². The molecule has 3 heteroatoms. The van der Waals surface area contributed by atoms with Gasteiger partial charge in [0.1, 0.15) is 5.60 Å². The number of Topliss-reactive ketones (excluding diaryl/α,β-unsaturated/α-hetero) is 1. The Labute approximate surface area is 213 Å². The van der Waals surface area contributed by atoms with Crippen LogP contribution in [-0.4, -0.2) is 25.0 Å². The number of rotatable bonds is 6. The highest BCUT2D eigenvalue weighted by atomic mass is 16.3. The maximum atomic E-state index is 14.2. The highest BCUT2D eigenvalue weighted by Crippen LogP contribution is 2.51. The Kier molecular flexibility index (Phi) is 6.58. The van der Waals surface area contributed by atoms with E-state index in [1.165, 1.54) is 0 Å². The van der Waals surface area contributed by atoms with Crippen molar-refractivity contribution in [2.75, 3.05) is 19.0 Å². The first-order valence-corrected chi connectivity index (χ1v) is 12.4. The molecule has 3 atom stereocenters. The van der Waals surface area contributed by atoms with Crippen LogP contribution in [0.3, 0.4) is 0 Å². The van der Waals surface area contributed by atoms with Gasteiger partial charge in [-0.25, -0.2) is 0 Å². The molecule has 3 nitrogen and oxygen atoms in total. The van der Waals surface area contributed by atoms with Gasteiger partial charge in [-0.15, -0.1) is 0 Å². The fourth-order valence-electron chi connectivity index (χ4n) is 5.39. The van der Waals surface area contributed by atoms with Gasteiger partial charge in [0.15, 0.2) is 5.78 Å². The van der Waals surface area contributed by atoms with Crippen LogP contribution in [0.2, 0.25) is 0 Å². The summed E-state index contributed by atoms with van der Waals surface area (Å²) in [6.45, 7) is 0. The number of ketones is 1. The molecule has 0 heterocycles. The monoisotopic (exact) mass is 473 g/mol. The summed E-state index contributed by atoms with van der Waals surface area (Å²) in [4.78, 5) is 16.3. The first kappa shape index (κ1) is 23.8. The third-order valence-electron chi connectivity index (χ3n) is 7.27. The smallest absolute Gasteiger partial charge is 0.170 e. The molecule has 0 aromatic heterocycles. The van der Waals surface area contributed by atoms with Gasteiger partial charge in [0, 0.05) is 31.3 Å². The molecule has 4 aromatic carbocycles. The molecular formula is C33H31NO2. The SMILES string of the molecule is CN(C)c1ccc([C@@H]2CC(c3ccccc3)=C[C@@](O)(c3ccccc3)[C@H]2C(=O)c2ccccc2)cc1. The molecule has 0 bridgehead atoms. The first-order chi connectivity index (χ1) is 17.5. The second-order valence-corrected chi connectivity index (χ2v) is 9.73. The standard InChI is InChI=1S/C33H31NO2/c1-34(2)29-20-18-25(19-21-29)30-22-27(24-12-6-3-7-13-24)23-33(36,28-16-10-5-11-17-28)31(30)32(35)26-14-8-4-9-15-26/h3-21,23,30-31,36H,22H2,1-2H3/t30-,31+,33+/m0/s1. The van der Waals surface area contributed by atoms with Crippen LogP contribution < -0.4 is 4.90 Å². The summed E-state index contributed by atoms with van der Waals surface area (Å²) in [5.74, 6) is -0.939. The molecule has 0 spiro atoms. The fraction of sp³-hybridized carbons (Fsp3) is 0.182. The van der Waals surface area contributed by atoms with Crippen LogP contribution in [0.15, 0.2) is 121 Å².